The highest BCUT2D eigenvalue weighted by Crippen LogP contribution is 2.24. The first-order valence-corrected chi connectivity index (χ1v) is 10.3. The van der Waals surface area contributed by atoms with Gasteiger partial charge in [0.25, 0.3) is 0 Å². The van der Waals surface area contributed by atoms with Gasteiger partial charge in [0.1, 0.15) is 0 Å². The highest BCUT2D eigenvalue weighted by molar-refractivity contribution is 5.76. The summed E-state index contributed by atoms with van der Waals surface area (Å²) in [5.74, 6) is -0.783. The van der Waals surface area contributed by atoms with E-state index in [-0.39, 0.29) is 11.8 Å². The predicted molar refractivity (Wildman–Crippen MR) is 115 cm³/mol. The minimum Gasteiger partial charge on any atom is -0.481 e. The van der Waals surface area contributed by atoms with Gasteiger partial charge >= 0.3 is 5.97 Å². The molecule has 0 aliphatic carbocycles. The van der Waals surface area contributed by atoms with Gasteiger partial charge in [-0.05, 0) is 49.4 Å². The molecule has 0 saturated carbocycles. The number of hydrogen-bond donors (Lipinski definition) is 1. The highest BCUT2D eigenvalue weighted by Gasteiger charge is 2.24. The van der Waals surface area contributed by atoms with Crippen LogP contribution in [0.4, 0.5) is 5.69 Å². The van der Waals surface area contributed by atoms with E-state index in [1.807, 2.05) is 19.2 Å². The van der Waals surface area contributed by atoms with E-state index in [0.29, 0.717) is 25.8 Å². The molecule has 0 spiro atoms. The Morgan fingerprint density at radius 1 is 1.07 bits per heavy atom. The minimum atomic E-state index is -0.691. The quantitative estimate of drug-likeness (QED) is 0.774. The number of aryl methyl sites for hydroxylation is 2. The van der Waals surface area contributed by atoms with Crippen molar-refractivity contribution in [2.24, 2.45) is 5.92 Å². The fourth-order valence-corrected chi connectivity index (χ4v) is 3.80. The molecule has 0 aromatic heterocycles. The number of piperidine rings is 1. The van der Waals surface area contributed by atoms with Crippen LogP contribution in [0.25, 0.3) is 0 Å². The number of carbonyl (C=O) groups is 2. The standard InChI is InChI=1S/C24H30N2O3/c1-18-6-8-19(9-7-18)10-11-23(27)25(2)17-20-4-3-5-22(16-20)26-14-12-21(13-15-26)24(28)29/h3-9,16,21H,10-15,17H2,1-2H3,(H,28,29). The lowest BCUT2D eigenvalue weighted by atomic mass is 9.96. The Morgan fingerprint density at radius 3 is 2.41 bits per heavy atom. The normalized spacial score (nSPS) is 14.6. The van der Waals surface area contributed by atoms with Crippen molar-refractivity contribution in [3.05, 3.63) is 65.2 Å². The first kappa shape index (κ1) is 20.9. The molecular weight excluding hydrogens is 364 g/mol. The first-order chi connectivity index (χ1) is 13.9. The van der Waals surface area contributed by atoms with E-state index in [9.17, 15) is 9.59 Å². The van der Waals surface area contributed by atoms with E-state index < -0.39 is 5.97 Å². The molecule has 1 aliphatic heterocycles. The number of amides is 1. The zero-order valence-corrected chi connectivity index (χ0v) is 17.3. The highest BCUT2D eigenvalue weighted by atomic mass is 16.4. The Morgan fingerprint density at radius 2 is 1.76 bits per heavy atom. The molecule has 0 radical (unpaired) electrons. The van der Waals surface area contributed by atoms with Gasteiger partial charge in [-0.2, -0.15) is 0 Å². The van der Waals surface area contributed by atoms with Gasteiger partial charge in [0.2, 0.25) is 5.91 Å². The minimum absolute atomic E-state index is 0.137. The van der Waals surface area contributed by atoms with Crippen LogP contribution in [0.2, 0.25) is 0 Å². The summed E-state index contributed by atoms with van der Waals surface area (Å²) in [6.45, 7) is 4.15. The van der Waals surface area contributed by atoms with Crippen molar-refractivity contribution in [3.8, 4) is 0 Å². The third-order valence-electron chi connectivity index (χ3n) is 5.71. The van der Waals surface area contributed by atoms with Crippen LogP contribution in [0.1, 0.15) is 36.0 Å². The Kier molecular flexibility index (Phi) is 6.91. The molecule has 0 atom stereocenters. The van der Waals surface area contributed by atoms with Crippen molar-refractivity contribution >= 4 is 17.6 Å². The monoisotopic (exact) mass is 394 g/mol. The van der Waals surface area contributed by atoms with Gasteiger partial charge in [-0.15, -0.1) is 0 Å². The second kappa shape index (κ2) is 9.59. The smallest absolute Gasteiger partial charge is 0.306 e. The SMILES string of the molecule is Cc1ccc(CCC(=O)N(C)Cc2cccc(N3CCC(C(=O)O)CC3)c2)cc1. The molecule has 2 aromatic carbocycles. The van der Waals surface area contributed by atoms with Gasteiger partial charge in [-0.1, -0.05) is 42.0 Å². The number of anilines is 1. The fraction of sp³-hybridized carbons (Fsp3) is 0.417. The maximum Gasteiger partial charge on any atom is 0.306 e. The van der Waals surface area contributed by atoms with Crippen LogP contribution < -0.4 is 4.90 Å². The van der Waals surface area contributed by atoms with Crippen molar-refractivity contribution in [1.82, 2.24) is 4.90 Å². The Labute approximate surface area is 172 Å². The van der Waals surface area contributed by atoms with Crippen LogP contribution >= 0.6 is 0 Å². The number of nitrogens with zero attached hydrogens (tertiary/aromatic N) is 2. The number of carbonyl (C=O) groups excluding carboxylic acids is 1. The third-order valence-corrected chi connectivity index (χ3v) is 5.71. The zero-order valence-electron chi connectivity index (χ0n) is 17.3. The van der Waals surface area contributed by atoms with Gasteiger partial charge in [0.15, 0.2) is 0 Å². The fourth-order valence-electron chi connectivity index (χ4n) is 3.80. The second-order valence-corrected chi connectivity index (χ2v) is 8.00. The summed E-state index contributed by atoms with van der Waals surface area (Å²) >= 11 is 0. The number of rotatable bonds is 7. The topological polar surface area (TPSA) is 60.9 Å². The van der Waals surface area contributed by atoms with Gasteiger partial charge in [0.05, 0.1) is 5.92 Å². The maximum atomic E-state index is 12.5. The number of benzene rings is 2. The zero-order chi connectivity index (χ0) is 20.8. The van der Waals surface area contributed by atoms with E-state index in [2.05, 4.69) is 48.2 Å². The van der Waals surface area contributed by atoms with Gasteiger partial charge in [-0.3, -0.25) is 9.59 Å². The van der Waals surface area contributed by atoms with Crippen molar-refractivity contribution in [1.29, 1.82) is 0 Å². The summed E-state index contributed by atoms with van der Waals surface area (Å²) in [4.78, 5) is 27.7. The molecule has 1 N–H and O–H groups in total. The molecule has 2 aromatic rings. The van der Waals surface area contributed by atoms with Gasteiger partial charge in [0, 0.05) is 38.8 Å². The average molecular weight is 395 g/mol. The van der Waals surface area contributed by atoms with Crippen LogP contribution in [0.5, 0.6) is 0 Å². The van der Waals surface area contributed by atoms with Gasteiger partial charge in [-0.25, -0.2) is 0 Å². The second-order valence-electron chi connectivity index (χ2n) is 8.00. The lowest BCUT2D eigenvalue weighted by molar-refractivity contribution is -0.142. The van der Waals surface area contributed by atoms with Crippen LogP contribution in [0, 0.1) is 12.8 Å². The molecule has 29 heavy (non-hydrogen) atoms. The van der Waals surface area contributed by atoms with Crippen LogP contribution in [-0.2, 0) is 22.6 Å². The number of carboxylic acids is 1. The average Bonchev–Trinajstić information content (AvgIpc) is 2.73. The van der Waals surface area contributed by atoms with Crippen molar-refractivity contribution in [2.45, 2.75) is 39.2 Å². The Balaban J connectivity index is 1.53. The summed E-state index contributed by atoms with van der Waals surface area (Å²) in [5.41, 5.74) is 4.61. The Bertz CT molecular complexity index is 839. The molecule has 1 aliphatic rings. The molecule has 1 heterocycles. The van der Waals surface area contributed by atoms with Crippen molar-refractivity contribution < 1.29 is 14.7 Å². The molecule has 5 nitrogen and oxygen atoms in total. The third kappa shape index (κ3) is 5.83. The molecule has 1 saturated heterocycles. The molecule has 1 fully saturated rings. The summed E-state index contributed by atoms with van der Waals surface area (Å²) in [6, 6.07) is 16.5. The van der Waals surface area contributed by atoms with Crippen LogP contribution in [0.3, 0.4) is 0 Å². The first-order valence-electron chi connectivity index (χ1n) is 10.3. The molecule has 0 unspecified atom stereocenters. The van der Waals surface area contributed by atoms with E-state index in [0.717, 1.165) is 30.8 Å². The Hall–Kier alpha value is -2.82. The van der Waals surface area contributed by atoms with E-state index in [4.69, 9.17) is 5.11 Å². The predicted octanol–water partition coefficient (Wildman–Crippen LogP) is 3.89. The molecule has 0 bridgehead atoms. The van der Waals surface area contributed by atoms with Crippen LogP contribution in [0.15, 0.2) is 48.5 Å². The summed E-state index contributed by atoms with van der Waals surface area (Å²) in [5, 5.41) is 9.16. The summed E-state index contributed by atoms with van der Waals surface area (Å²) in [6.07, 6.45) is 2.61. The van der Waals surface area contributed by atoms with E-state index in [1.54, 1.807) is 4.90 Å². The summed E-state index contributed by atoms with van der Waals surface area (Å²) < 4.78 is 0. The number of hydrogen-bond acceptors (Lipinski definition) is 3. The van der Waals surface area contributed by atoms with E-state index >= 15 is 0 Å². The number of aliphatic carboxylic acids is 1. The maximum absolute atomic E-state index is 12.5. The largest absolute Gasteiger partial charge is 0.481 e. The van der Waals surface area contributed by atoms with Gasteiger partial charge < -0.3 is 14.9 Å². The molecule has 5 heteroatoms. The number of carboxylic acid groups (broad SMARTS) is 1. The van der Waals surface area contributed by atoms with Crippen molar-refractivity contribution in [2.75, 3.05) is 25.0 Å². The molecular formula is C24H30N2O3. The molecule has 3 rings (SSSR count). The lowest BCUT2D eigenvalue weighted by Gasteiger charge is -2.32. The lowest BCUT2D eigenvalue weighted by Crippen LogP contribution is -2.36. The van der Waals surface area contributed by atoms with Crippen LogP contribution in [-0.4, -0.2) is 42.0 Å². The summed E-state index contributed by atoms with van der Waals surface area (Å²) in [7, 11) is 1.85. The van der Waals surface area contributed by atoms with E-state index in [1.165, 1.54) is 11.1 Å². The molecule has 1 amide bonds. The van der Waals surface area contributed by atoms with Crippen molar-refractivity contribution in [3.63, 3.8) is 0 Å². The molecule has 154 valence electrons.